The molecule has 1 N–H and O–H groups in total. The van der Waals surface area contributed by atoms with E-state index < -0.39 is 0 Å². The van der Waals surface area contributed by atoms with Crippen molar-refractivity contribution in [1.29, 1.82) is 0 Å². The summed E-state index contributed by atoms with van der Waals surface area (Å²) in [4.78, 5) is 7.12. The molecule has 0 spiro atoms. The average Bonchev–Trinajstić information content (AvgIpc) is 2.81. The Hall–Kier alpha value is -0.610. The molecule has 0 radical (unpaired) electrons. The van der Waals surface area contributed by atoms with Gasteiger partial charge in [0.15, 0.2) is 5.13 Å². The Morgan fingerprint density at radius 1 is 1.53 bits per heavy atom. The number of nitrogens with zero attached hydrogens (tertiary/aromatic N) is 2. The van der Waals surface area contributed by atoms with Gasteiger partial charge in [0.1, 0.15) is 0 Å². The van der Waals surface area contributed by atoms with Crippen molar-refractivity contribution in [1.82, 2.24) is 10.3 Å². The lowest BCUT2D eigenvalue weighted by Crippen LogP contribution is -2.35. The molecule has 1 aliphatic heterocycles. The molecule has 1 aromatic heterocycles. The molecule has 1 saturated heterocycles. The number of anilines is 1. The maximum Gasteiger partial charge on any atom is 0.185 e. The van der Waals surface area contributed by atoms with Gasteiger partial charge in [0, 0.05) is 30.6 Å². The minimum atomic E-state index is 0.159. The molecule has 17 heavy (non-hydrogen) atoms. The number of rotatable bonds is 3. The largest absolute Gasteiger partial charge is 0.348 e. The van der Waals surface area contributed by atoms with Crippen LogP contribution in [0.15, 0.2) is 5.38 Å². The van der Waals surface area contributed by atoms with Gasteiger partial charge >= 0.3 is 0 Å². The van der Waals surface area contributed by atoms with E-state index in [1.165, 1.54) is 30.3 Å². The van der Waals surface area contributed by atoms with E-state index in [0.29, 0.717) is 0 Å². The number of hydrogen-bond acceptors (Lipinski definition) is 4. The van der Waals surface area contributed by atoms with Crippen LogP contribution >= 0.6 is 11.3 Å². The molecular weight excluding hydrogens is 230 g/mol. The Balaban J connectivity index is 1.92. The first-order valence-corrected chi connectivity index (χ1v) is 7.26. The Morgan fingerprint density at radius 3 is 2.88 bits per heavy atom. The molecule has 2 heterocycles. The Labute approximate surface area is 108 Å². The normalized spacial score (nSPS) is 21.2. The number of thiazole rings is 1. The van der Waals surface area contributed by atoms with Crippen LogP contribution in [0.3, 0.4) is 0 Å². The summed E-state index contributed by atoms with van der Waals surface area (Å²) in [6, 6.07) is 0. The molecule has 1 unspecified atom stereocenters. The van der Waals surface area contributed by atoms with E-state index >= 15 is 0 Å². The van der Waals surface area contributed by atoms with Gasteiger partial charge in [0.2, 0.25) is 0 Å². The second-order valence-electron chi connectivity index (χ2n) is 6.06. The van der Waals surface area contributed by atoms with Gasteiger partial charge in [-0.1, -0.05) is 6.92 Å². The first-order valence-electron chi connectivity index (χ1n) is 6.38. The summed E-state index contributed by atoms with van der Waals surface area (Å²) in [5, 5.41) is 6.85. The first kappa shape index (κ1) is 12.8. The van der Waals surface area contributed by atoms with E-state index in [1.807, 2.05) is 0 Å². The average molecular weight is 253 g/mol. The zero-order valence-corrected chi connectivity index (χ0v) is 12.1. The van der Waals surface area contributed by atoms with Crippen LogP contribution in [0.1, 0.15) is 39.8 Å². The third-order valence-corrected chi connectivity index (χ3v) is 3.98. The molecular formula is C13H23N3S. The highest BCUT2D eigenvalue weighted by Gasteiger charge is 2.21. The van der Waals surface area contributed by atoms with Gasteiger partial charge in [-0.3, -0.25) is 0 Å². The molecule has 0 aliphatic carbocycles. The van der Waals surface area contributed by atoms with Gasteiger partial charge < -0.3 is 10.2 Å². The van der Waals surface area contributed by atoms with Crippen molar-refractivity contribution in [2.24, 2.45) is 5.92 Å². The van der Waals surface area contributed by atoms with Crippen molar-refractivity contribution in [3.05, 3.63) is 11.1 Å². The highest BCUT2D eigenvalue weighted by atomic mass is 32.1. The molecule has 3 nitrogen and oxygen atoms in total. The van der Waals surface area contributed by atoms with Crippen molar-refractivity contribution in [2.45, 2.75) is 46.2 Å². The fourth-order valence-corrected chi connectivity index (χ4v) is 2.85. The third kappa shape index (κ3) is 3.68. The predicted molar refractivity (Wildman–Crippen MR) is 74.7 cm³/mol. The van der Waals surface area contributed by atoms with Crippen LogP contribution < -0.4 is 10.2 Å². The zero-order chi connectivity index (χ0) is 12.5. The van der Waals surface area contributed by atoms with Crippen molar-refractivity contribution in [3.8, 4) is 0 Å². The maximum atomic E-state index is 4.71. The summed E-state index contributed by atoms with van der Waals surface area (Å²) >= 11 is 1.77. The summed E-state index contributed by atoms with van der Waals surface area (Å²) in [6.45, 7) is 12.1. The number of hydrogen-bond donors (Lipinski definition) is 1. The van der Waals surface area contributed by atoms with Crippen LogP contribution in [0.4, 0.5) is 5.13 Å². The van der Waals surface area contributed by atoms with Gasteiger partial charge in [0.05, 0.1) is 5.69 Å². The van der Waals surface area contributed by atoms with Crippen LogP contribution in [0.2, 0.25) is 0 Å². The Morgan fingerprint density at radius 2 is 2.29 bits per heavy atom. The lowest BCUT2D eigenvalue weighted by atomic mass is 10.1. The summed E-state index contributed by atoms with van der Waals surface area (Å²) in [5.41, 5.74) is 1.32. The molecule has 1 aromatic rings. The van der Waals surface area contributed by atoms with Gasteiger partial charge in [-0.25, -0.2) is 4.98 Å². The van der Waals surface area contributed by atoms with Gasteiger partial charge in [-0.05, 0) is 33.1 Å². The maximum absolute atomic E-state index is 4.71. The van der Waals surface area contributed by atoms with Gasteiger partial charge in [0.25, 0.3) is 0 Å². The molecule has 1 aliphatic rings. The molecule has 2 rings (SSSR count). The lowest BCUT2D eigenvalue weighted by Gasteiger charge is -2.19. The minimum Gasteiger partial charge on any atom is -0.348 e. The predicted octanol–water partition coefficient (Wildman–Crippen LogP) is 2.88. The second-order valence-corrected chi connectivity index (χ2v) is 6.90. The summed E-state index contributed by atoms with van der Waals surface area (Å²) in [7, 11) is 0. The van der Waals surface area contributed by atoms with E-state index in [1.54, 1.807) is 11.3 Å². The van der Waals surface area contributed by atoms with E-state index in [2.05, 4.69) is 43.3 Å². The summed E-state index contributed by atoms with van der Waals surface area (Å²) < 4.78 is 0. The van der Waals surface area contributed by atoms with Crippen molar-refractivity contribution in [2.75, 3.05) is 18.0 Å². The van der Waals surface area contributed by atoms with E-state index in [-0.39, 0.29) is 5.54 Å². The molecule has 1 fully saturated rings. The second kappa shape index (κ2) is 4.94. The molecule has 4 heteroatoms. The van der Waals surface area contributed by atoms with E-state index in [9.17, 15) is 0 Å². The van der Waals surface area contributed by atoms with Crippen LogP contribution in [-0.2, 0) is 6.54 Å². The van der Waals surface area contributed by atoms with Crippen LogP contribution in [0.5, 0.6) is 0 Å². The first-order chi connectivity index (χ1) is 7.94. The van der Waals surface area contributed by atoms with E-state index in [0.717, 1.165) is 12.5 Å². The standard InChI is InChI=1S/C13H23N3S/c1-10-5-6-16(8-10)12-15-11(9-17-12)7-14-13(2,3)4/h9-10,14H,5-8H2,1-4H3. The zero-order valence-electron chi connectivity index (χ0n) is 11.3. The SMILES string of the molecule is CC1CCN(c2nc(CNC(C)(C)C)cs2)C1. The minimum absolute atomic E-state index is 0.159. The lowest BCUT2D eigenvalue weighted by molar-refractivity contribution is 0.422. The van der Waals surface area contributed by atoms with Crippen LogP contribution in [0, 0.1) is 5.92 Å². The highest BCUT2D eigenvalue weighted by molar-refractivity contribution is 7.13. The molecule has 0 amide bonds. The quantitative estimate of drug-likeness (QED) is 0.898. The van der Waals surface area contributed by atoms with Gasteiger partial charge in [-0.2, -0.15) is 0 Å². The van der Waals surface area contributed by atoms with Crippen molar-refractivity contribution < 1.29 is 0 Å². The molecule has 0 aromatic carbocycles. The topological polar surface area (TPSA) is 28.2 Å². The smallest absolute Gasteiger partial charge is 0.185 e. The summed E-state index contributed by atoms with van der Waals surface area (Å²) in [5.74, 6) is 0.815. The molecule has 0 bridgehead atoms. The molecule has 0 saturated carbocycles. The summed E-state index contributed by atoms with van der Waals surface area (Å²) in [6.07, 6.45) is 1.30. The highest BCUT2D eigenvalue weighted by Crippen LogP contribution is 2.26. The fraction of sp³-hybridized carbons (Fsp3) is 0.769. The van der Waals surface area contributed by atoms with Crippen molar-refractivity contribution in [3.63, 3.8) is 0 Å². The fourth-order valence-electron chi connectivity index (χ4n) is 1.99. The Kier molecular flexibility index (Phi) is 3.73. The van der Waals surface area contributed by atoms with Gasteiger partial charge in [-0.15, -0.1) is 11.3 Å². The third-order valence-electron chi connectivity index (χ3n) is 3.03. The molecule has 1 atom stereocenters. The number of aromatic nitrogens is 1. The monoisotopic (exact) mass is 253 g/mol. The van der Waals surface area contributed by atoms with Crippen molar-refractivity contribution >= 4 is 16.5 Å². The Bertz CT molecular complexity index is 367. The van der Waals surface area contributed by atoms with Crippen LogP contribution in [-0.4, -0.2) is 23.6 Å². The van der Waals surface area contributed by atoms with E-state index in [4.69, 9.17) is 4.98 Å². The number of nitrogens with one attached hydrogen (secondary N) is 1. The molecule has 96 valence electrons. The van der Waals surface area contributed by atoms with Crippen LogP contribution in [0.25, 0.3) is 0 Å².